The number of rotatable bonds is 2. The van der Waals surface area contributed by atoms with Crippen molar-refractivity contribution < 1.29 is 18.0 Å². The molecule has 3 N–H and O–H groups in total. The zero-order valence-electron chi connectivity index (χ0n) is 10.2. The minimum absolute atomic E-state index is 0.00172. The van der Waals surface area contributed by atoms with Gasteiger partial charge in [-0.15, -0.1) is 0 Å². The minimum Gasteiger partial charge on any atom is -0.398 e. The van der Waals surface area contributed by atoms with Crippen LogP contribution in [0.15, 0.2) is 48.5 Å². The Balaban J connectivity index is 2.23. The lowest BCUT2D eigenvalue weighted by atomic mass is 10.1. The summed E-state index contributed by atoms with van der Waals surface area (Å²) in [5.41, 5.74) is 4.95. The first-order chi connectivity index (χ1) is 9.38. The van der Waals surface area contributed by atoms with Gasteiger partial charge in [0.15, 0.2) is 0 Å². The monoisotopic (exact) mass is 280 g/mol. The summed E-state index contributed by atoms with van der Waals surface area (Å²) in [5, 5.41) is 2.56. The lowest BCUT2D eigenvalue weighted by Crippen LogP contribution is -2.15. The normalized spacial score (nSPS) is 11.2. The third kappa shape index (κ3) is 3.09. The molecule has 0 aliphatic carbocycles. The average molecular weight is 280 g/mol. The van der Waals surface area contributed by atoms with E-state index in [1.807, 2.05) is 0 Å². The lowest BCUT2D eigenvalue weighted by Gasteiger charge is -2.11. The molecule has 2 aromatic rings. The summed E-state index contributed by atoms with van der Waals surface area (Å²) in [5.74, 6) is -0.553. The molecule has 0 bridgehead atoms. The van der Waals surface area contributed by atoms with Crippen molar-refractivity contribution in [3.8, 4) is 0 Å². The Kier molecular flexibility index (Phi) is 3.65. The number of carbonyl (C=O) groups excluding carboxylic acids is 1. The van der Waals surface area contributed by atoms with Crippen LogP contribution in [0.3, 0.4) is 0 Å². The van der Waals surface area contributed by atoms with E-state index in [9.17, 15) is 18.0 Å². The van der Waals surface area contributed by atoms with E-state index in [0.29, 0.717) is 5.69 Å². The molecular formula is C14H11F3N2O. The van der Waals surface area contributed by atoms with Crippen molar-refractivity contribution in [2.75, 3.05) is 11.1 Å². The summed E-state index contributed by atoms with van der Waals surface area (Å²) >= 11 is 0. The van der Waals surface area contributed by atoms with E-state index < -0.39 is 17.6 Å². The Morgan fingerprint density at radius 1 is 1.05 bits per heavy atom. The van der Waals surface area contributed by atoms with Crippen molar-refractivity contribution in [2.24, 2.45) is 0 Å². The van der Waals surface area contributed by atoms with E-state index >= 15 is 0 Å². The van der Waals surface area contributed by atoms with Crippen LogP contribution in [0.5, 0.6) is 0 Å². The number of amides is 1. The van der Waals surface area contributed by atoms with Gasteiger partial charge in [-0.3, -0.25) is 4.79 Å². The molecule has 6 heteroatoms. The molecule has 2 rings (SSSR count). The number of anilines is 2. The number of nitrogens with two attached hydrogens (primary N) is 1. The third-order valence-corrected chi connectivity index (χ3v) is 2.66. The van der Waals surface area contributed by atoms with Crippen LogP contribution >= 0.6 is 0 Å². The number of hydrogen-bond donors (Lipinski definition) is 2. The highest BCUT2D eigenvalue weighted by molar-refractivity contribution is 6.07. The fourth-order valence-corrected chi connectivity index (χ4v) is 1.67. The van der Waals surface area contributed by atoms with E-state index in [1.165, 1.54) is 0 Å². The highest BCUT2D eigenvalue weighted by Gasteiger charge is 2.31. The Hall–Kier alpha value is -2.50. The zero-order chi connectivity index (χ0) is 14.8. The summed E-state index contributed by atoms with van der Waals surface area (Å²) in [6.07, 6.45) is -4.48. The van der Waals surface area contributed by atoms with Crippen molar-refractivity contribution in [3.63, 3.8) is 0 Å². The second kappa shape index (κ2) is 5.24. The number of hydrogen-bond acceptors (Lipinski definition) is 2. The van der Waals surface area contributed by atoms with Crippen LogP contribution in [-0.2, 0) is 6.18 Å². The number of halogens is 3. The van der Waals surface area contributed by atoms with Gasteiger partial charge in [0.2, 0.25) is 0 Å². The van der Waals surface area contributed by atoms with Crippen molar-refractivity contribution in [1.82, 2.24) is 0 Å². The van der Waals surface area contributed by atoms with Crippen molar-refractivity contribution in [2.45, 2.75) is 6.18 Å². The molecule has 0 aliphatic rings. The van der Waals surface area contributed by atoms with Gasteiger partial charge in [0, 0.05) is 11.4 Å². The van der Waals surface area contributed by atoms with E-state index in [-0.39, 0.29) is 11.3 Å². The van der Waals surface area contributed by atoms with Gasteiger partial charge in [-0.1, -0.05) is 18.2 Å². The van der Waals surface area contributed by atoms with Gasteiger partial charge in [-0.05, 0) is 30.3 Å². The van der Waals surface area contributed by atoms with Crippen LogP contribution < -0.4 is 11.1 Å². The average Bonchev–Trinajstić information content (AvgIpc) is 2.38. The predicted molar refractivity (Wildman–Crippen MR) is 70.3 cm³/mol. The van der Waals surface area contributed by atoms with Gasteiger partial charge in [-0.2, -0.15) is 13.2 Å². The van der Waals surface area contributed by atoms with Crippen LogP contribution in [0, 0.1) is 0 Å². The van der Waals surface area contributed by atoms with Crippen LogP contribution in [0.25, 0.3) is 0 Å². The molecule has 1 amide bonds. The molecule has 0 aliphatic heterocycles. The summed E-state index contributed by atoms with van der Waals surface area (Å²) in [4.78, 5) is 11.9. The van der Waals surface area contributed by atoms with Gasteiger partial charge in [-0.25, -0.2) is 0 Å². The first kappa shape index (κ1) is 13.9. The van der Waals surface area contributed by atoms with E-state index in [2.05, 4.69) is 5.32 Å². The maximum atomic E-state index is 12.5. The quantitative estimate of drug-likeness (QED) is 0.827. The van der Waals surface area contributed by atoms with Gasteiger partial charge >= 0.3 is 6.18 Å². The zero-order valence-corrected chi connectivity index (χ0v) is 10.2. The van der Waals surface area contributed by atoms with Crippen LogP contribution in [0.2, 0.25) is 0 Å². The molecule has 0 aromatic heterocycles. The van der Waals surface area contributed by atoms with Gasteiger partial charge < -0.3 is 11.1 Å². The number of carbonyl (C=O) groups is 1. The molecule has 104 valence electrons. The molecule has 0 fully saturated rings. The fraction of sp³-hybridized carbons (Fsp3) is 0.0714. The molecule has 0 spiro atoms. The van der Waals surface area contributed by atoms with Crippen LogP contribution in [0.4, 0.5) is 24.5 Å². The topological polar surface area (TPSA) is 55.1 Å². The minimum atomic E-state index is -4.48. The predicted octanol–water partition coefficient (Wildman–Crippen LogP) is 3.54. The number of para-hydroxylation sites is 1. The number of benzene rings is 2. The van der Waals surface area contributed by atoms with E-state index in [4.69, 9.17) is 5.73 Å². The molecule has 3 nitrogen and oxygen atoms in total. The van der Waals surface area contributed by atoms with E-state index in [1.54, 1.807) is 30.3 Å². The standard InChI is InChI=1S/C14H11F3N2O/c15-14(16,17)9-6-7-11(12(18)8-9)13(20)19-10-4-2-1-3-5-10/h1-8H,18H2,(H,19,20). The lowest BCUT2D eigenvalue weighted by molar-refractivity contribution is -0.137. The summed E-state index contributed by atoms with van der Waals surface area (Å²) in [6, 6.07) is 11.2. The molecule has 20 heavy (non-hydrogen) atoms. The second-order valence-corrected chi connectivity index (χ2v) is 4.12. The second-order valence-electron chi connectivity index (χ2n) is 4.12. The summed E-state index contributed by atoms with van der Waals surface area (Å²) < 4.78 is 37.5. The first-order valence-electron chi connectivity index (χ1n) is 5.71. The van der Waals surface area contributed by atoms with Crippen LogP contribution in [0.1, 0.15) is 15.9 Å². The van der Waals surface area contributed by atoms with Gasteiger partial charge in [0.1, 0.15) is 0 Å². The number of nitrogen functional groups attached to an aromatic ring is 1. The van der Waals surface area contributed by atoms with E-state index in [0.717, 1.165) is 18.2 Å². The molecule has 0 heterocycles. The van der Waals surface area contributed by atoms with Crippen LogP contribution in [-0.4, -0.2) is 5.91 Å². The molecular weight excluding hydrogens is 269 g/mol. The van der Waals surface area contributed by atoms with Crippen molar-refractivity contribution in [1.29, 1.82) is 0 Å². The highest BCUT2D eigenvalue weighted by Crippen LogP contribution is 2.31. The Morgan fingerprint density at radius 2 is 1.70 bits per heavy atom. The smallest absolute Gasteiger partial charge is 0.398 e. The number of alkyl halides is 3. The third-order valence-electron chi connectivity index (χ3n) is 2.66. The Labute approximate surface area is 113 Å². The molecule has 0 saturated carbocycles. The molecule has 0 atom stereocenters. The molecule has 2 aromatic carbocycles. The van der Waals surface area contributed by atoms with Crippen molar-refractivity contribution >= 4 is 17.3 Å². The maximum absolute atomic E-state index is 12.5. The molecule has 0 saturated heterocycles. The summed E-state index contributed by atoms with van der Waals surface area (Å²) in [7, 11) is 0. The molecule has 0 radical (unpaired) electrons. The largest absolute Gasteiger partial charge is 0.416 e. The molecule has 0 unspecified atom stereocenters. The Morgan fingerprint density at radius 3 is 2.25 bits per heavy atom. The maximum Gasteiger partial charge on any atom is 0.416 e. The highest BCUT2D eigenvalue weighted by atomic mass is 19.4. The summed E-state index contributed by atoms with van der Waals surface area (Å²) in [6.45, 7) is 0. The number of nitrogens with one attached hydrogen (secondary N) is 1. The van der Waals surface area contributed by atoms with Gasteiger partial charge in [0.25, 0.3) is 5.91 Å². The first-order valence-corrected chi connectivity index (χ1v) is 5.71. The van der Waals surface area contributed by atoms with Gasteiger partial charge in [0.05, 0.1) is 11.1 Å². The Bertz CT molecular complexity index is 624. The van der Waals surface area contributed by atoms with Crippen molar-refractivity contribution in [3.05, 3.63) is 59.7 Å². The SMILES string of the molecule is Nc1cc(C(F)(F)F)ccc1C(=O)Nc1ccccc1. The fourth-order valence-electron chi connectivity index (χ4n) is 1.67.